The molecule has 0 aliphatic carbocycles. The predicted octanol–water partition coefficient (Wildman–Crippen LogP) is 3.81. The van der Waals surface area contributed by atoms with E-state index in [0.29, 0.717) is 6.61 Å². The van der Waals surface area contributed by atoms with Gasteiger partial charge >= 0.3 is 0 Å². The number of ether oxygens (including phenoxy) is 1. The fourth-order valence-corrected chi connectivity index (χ4v) is 2.62. The van der Waals surface area contributed by atoms with Crippen LogP contribution in [0.15, 0.2) is 59.6 Å². The summed E-state index contributed by atoms with van der Waals surface area (Å²) in [5, 5.41) is 0. The molecule has 1 aliphatic heterocycles. The van der Waals surface area contributed by atoms with Crippen LogP contribution in [0.4, 0.5) is 0 Å². The topological polar surface area (TPSA) is 21.6 Å². The summed E-state index contributed by atoms with van der Waals surface area (Å²) in [7, 11) is 0. The number of rotatable bonds is 2. The minimum absolute atomic E-state index is 0.122. The summed E-state index contributed by atoms with van der Waals surface area (Å²) in [5.41, 5.74) is 2.29. The first-order valence-electron chi connectivity index (χ1n) is 5.85. The van der Waals surface area contributed by atoms with Crippen LogP contribution < -0.4 is 0 Å². The van der Waals surface area contributed by atoms with E-state index < -0.39 is 0 Å². The maximum absolute atomic E-state index is 5.73. The van der Waals surface area contributed by atoms with Crippen LogP contribution in [0.5, 0.6) is 0 Å². The summed E-state index contributed by atoms with van der Waals surface area (Å²) < 4.78 is 6.90. The molecule has 1 heterocycles. The highest BCUT2D eigenvalue weighted by Gasteiger charge is 2.22. The van der Waals surface area contributed by atoms with Crippen molar-refractivity contribution < 1.29 is 4.74 Å². The zero-order valence-corrected chi connectivity index (χ0v) is 11.9. The number of aliphatic imine (C=N–C) groups is 1. The zero-order valence-electron chi connectivity index (χ0n) is 9.71. The molecule has 0 saturated carbocycles. The van der Waals surface area contributed by atoms with Crippen LogP contribution in [-0.2, 0) is 4.74 Å². The Bertz CT molecular complexity index is 580. The van der Waals surface area contributed by atoms with E-state index in [1.54, 1.807) is 0 Å². The maximum Gasteiger partial charge on any atom is 0.217 e. The van der Waals surface area contributed by atoms with Gasteiger partial charge in [-0.15, -0.1) is 0 Å². The molecule has 0 bridgehead atoms. The summed E-state index contributed by atoms with van der Waals surface area (Å²) in [6.45, 7) is 0.629. The van der Waals surface area contributed by atoms with Gasteiger partial charge in [0.15, 0.2) is 0 Å². The van der Waals surface area contributed by atoms with Crippen molar-refractivity contribution in [3.63, 3.8) is 0 Å². The van der Waals surface area contributed by atoms with Crippen molar-refractivity contribution in [3.8, 4) is 0 Å². The lowest BCUT2D eigenvalue weighted by Crippen LogP contribution is -2.03. The van der Waals surface area contributed by atoms with E-state index in [2.05, 4.69) is 45.8 Å². The summed E-state index contributed by atoms with van der Waals surface area (Å²) >= 11 is 2.31. The van der Waals surface area contributed by atoms with E-state index in [-0.39, 0.29) is 6.04 Å². The highest BCUT2D eigenvalue weighted by molar-refractivity contribution is 14.1. The smallest absolute Gasteiger partial charge is 0.217 e. The zero-order chi connectivity index (χ0) is 12.4. The predicted molar refractivity (Wildman–Crippen MR) is 80.8 cm³/mol. The summed E-state index contributed by atoms with van der Waals surface area (Å²) in [5.74, 6) is 0.758. The fraction of sp³-hybridized carbons (Fsp3) is 0.133. The van der Waals surface area contributed by atoms with Crippen LogP contribution in [-0.4, -0.2) is 12.5 Å². The van der Waals surface area contributed by atoms with Gasteiger partial charge in [0.25, 0.3) is 0 Å². The Kier molecular flexibility index (Phi) is 3.32. The van der Waals surface area contributed by atoms with Crippen LogP contribution in [0, 0.1) is 3.57 Å². The third-order valence-electron chi connectivity index (χ3n) is 2.94. The van der Waals surface area contributed by atoms with Gasteiger partial charge in [0.1, 0.15) is 12.6 Å². The number of nitrogens with zero attached hydrogens (tertiary/aromatic N) is 1. The monoisotopic (exact) mass is 349 g/mol. The molecule has 18 heavy (non-hydrogen) atoms. The molecular weight excluding hydrogens is 337 g/mol. The average Bonchev–Trinajstić information content (AvgIpc) is 2.90. The largest absolute Gasteiger partial charge is 0.475 e. The molecule has 0 fully saturated rings. The minimum atomic E-state index is 0.122. The van der Waals surface area contributed by atoms with Gasteiger partial charge in [0.05, 0.1) is 0 Å². The number of benzene rings is 2. The number of hydrogen-bond donors (Lipinski definition) is 0. The van der Waals surface area contributed by atoms with Crippen LogP contribution in [0.1, 0.15) is 17.2 Å². The Morgan fingerprint density at radius 2 is 1.72 bits per heavy atom. The molecule has 0 unspecified atom stereocenters. The van der Waals surface area contributed by atoms with E-state index in [0.717, 1.165) is 11.5 Å². The molecule has 0 spiro atoms. The SMILES string of the molecule is Ic1ccccc1C1=N[C@H](c2ccccc2)CO1. The lowest BCUT2D eigenvalue weighted by Gasteiger charge is -2.03. The van der Waals surface area contributed by atoms with Crippen LogP contribution in [0.3, 0.4) is 0 Å². The molecule has 3 heteroatoms. The Morgan fingerprint density at radius 1 is 1.00 bits per heavy atom. The Balaban J connectivity index is 1.91. The summed E-state index contributed by atoms with van der Waals surface area (Å²) in [6.07, 6.45) is 0. The second-order valence-electron chi connectivity index (χ2n) is 4.15. The Labute approximate surface area is 120 Å². The number of halogens is 1. The van der Waals surface area contributed by atoms with E-state index in [1.165, 1.54) is 9.13 Å². The third-order valence-corrected chi connectivity index (χ3v) is 3.88. The molecule has 2 aromatic rings. The van der Waals surface area contributed by atoms with Crippen molar-refractivity contribution in [2.75, 3.05) is 6.61 Å². The lowest BCUT2D eigenvalue weighted by molar-refractivity contribution is 0.319. The Hall–Kier alpha value is -1.36. The van der Waals surface area contributed by atoms with Gasteiger partial charge < -0.3 is 4.74 Å². The molecule has 0 radical (unpaired) electrons. The molecular formula is C15H12INO. The molecule has 90 valence electrons. The molecule has 2 aromatic carbocycles. The Morgan fingerprint density at radius 3 is 2.50 bits per heavy atom. The first-order valence-corrected chi connectivity index (χ1v) is 6.93. The lowest BCUT2D eigenvalue weighted by atomic mass is 10.1. The normalized spacial score (nSPS) is 18.3. The summed E-state index contributed by atoms with van der Waals surface area (Å²) in [4.78, 5) is 4.68. The van der Waals surface area contributed by atoms with Gasteiger partial charge in [-0.05, 0) is 40.3 Å². The van der Waals surface area contributed by atoms with Crippen molar-refractivity contribution in [2.24, 2.45) is 4.99 Å². The van der Waals surface area contributed by atoms with Crippen LogP contribution >= 0.6 is 22.6 Å². The number of hydrogen-bond acceptors (Lipinski definition) is 2. The van der Waals surface area contributed by atoms with Gasteiger partial charge in [-0.1, -0.05) is 42.5 Å². The second-order valence-corrected chi connectivity index (χ2v) is 5.31. The molecule has 0 N–H and O–H groups in total. The van der Waals surface area contributed by atoms with Crippen LogP contribution in [0.25, 0.3) is 0 Å². The molecule has 1 atom stereocenters. The molecule has 1 aliphatic rings. The van der Waals surface area contributed by atoms with Gasteiger partial charge in [0.2, 0.25) is 5.90 Å². The van der Waals surface area contributed by atoms with Crippen molar-refractivity contribution in [1.29, 1.82) is 0 Å². The second kappa shape index (κ2) is 5.10. The quantitative estimate of drug-likeness (QED) is 0.756. The van der Waals surface area contributed by atoms with Crippen molar-refractivity contribution in [2.45, 2.75) is 6.04 Å². The molecule has 2 nitrogen and oxygen atoms in total. The molecule has 0 saturated heterocycles. The van der Waals surface area contributed by atoms with Crippen molar-refractivity contribution in [3.05, 3.63) is 69.3 Å². The van der Waals surface area contributed by atoms with Gasteiger partial charge in [-0.2, -0.15) is 0 Å². The average molecular weight is 349 g/mol. The fourth-order valence-electron chi connectivity index (χ4n) is 2.00. The van der Waals surface area contributed by atoms with Crippen molar-refractivity contribution >= 4 is 28.5 Å². The summed E-state index contributed by atoms with van der Waals surface area (Å²) in [6, 6.07) is 18.6. The molecule has 0 aromatic heterocycles. The highest BCUT2D eigenvalue weighted by atomic mass is 127. The van der Waals surface area contributed by atoms with E-state index in [4.69, 9.17) is 4.74 Å². The van der Waals surface area contributed by atoms with Gasteiger partial charge in [-0.25, -0.2) is 4.99 Å². The maximum atomic E-state index is 5.73. The molecule has 3 rings (SSSR count). The third kappa shape index (κ3) is 2.27. The molecule has 0 amide bonds. The van der Waals surface area contributed by atoms with Gasteiger partial charge in [-0.3, -0.25) is 0 Å². The van der Waals surface area contributed by atoms with E-state index >= 15 is 0 Å². The van der Waals surface area contributed by atoms with Crippen molar-refractivity contribution in [1.82, 2.24) is 0 Å². The van der Waals surface area contributed by atoms with E-state index in [9.17, 15) is 0 Å². The first-order chi connectivity index (χ1) is 8.84. The minimum Gasteiger partial charge on any atom is -0.475 e. The standard InChI is InChI=1S/C15H12INO/c16-13-9-5-4-8-12(13)15-17-14(10-18-15)11-6-2-1-3-7-11/h1-9,14H,10H2/t14-/m0/s1. The van der Waals surface area contributed by atoms with Gasteiger partial charge in [0, 0.05) is 9.13 Å². The van der Waals surface area contributed by atoms with Crippen LogP contribution in [0.2, 0.25) is 0 Å². The highest BCUT2D eigenvalue weighted by Crippen LogP contribution is 2.26. The first kappa shape index (κ1) is 11.7. The van der Waals surface area contributed by atoms with E-state index in [1.807, 2.05) is 36.4 Å².